The predicted octanol–water partition coefficient (Wildman–Crippen LogP) is 2.63. The van der Waals surface area contributed by atoms with Gasteiger partial charge in [-0.1, -0.05) is 5.16 Å². The summed E-state index contributed by atoms with van der Waals surface area (Å²) in [7, 11) is 0. The maximum Gasteiger partial charge on any atom is 0.417 e. The minimum atomic E-state index is -4.61. The Morgan fingerprint density at radius 3 is 2.67 bits per heavy atom. The molecule has 0 aliphatic heterocycles. The smallest absolute Gasteiger partial charge is 0.390 e. The highest BCUT2D eigenvalue weighted by Crippen LogP contribution is 2.31. The van der Waals surface area contributed by atoms with E-state index in [-0.39, 0.29) is 6.54 Å². The van der Waals surface area contributed by atoms with E-state index in [1.165, 1.54) is 6.21 Å². The number of nitrogens with one attached hydrogen (secondary N) is 1. The highest BCUT2D eigenvalue weighted by Gasteiger charge is 2.35. The van der Waals surface area contributed by atoms with Gasteiger partial charge >= 0.3 is 6.18 Å². The van der Waals surface area contributed by atoms with E-state index in [4.69, 9.17) is 4.84 Å². The second-order valence-electron chi connectivity index (χ2n) is 5.12. The molecule has 0 fully saturated rings. The molecular formula is C13H16F3N3O2. The van der Waals surface area contributed by atoms with Crippen LogP contribution in [0.4, 0.5) is 13.2 Å². The Hall–Kier alpha value is -2.12. The zero-order valence-corrected chi connectivity index (χ0v) is 11.9. The first kappa shape index (κ1) is 16.9. The van der Waals surface area contributed by atoms with Crippen LogP contribution < -0.4 is 5.32 Å². The van der Waals surface area contributed by atoms with Crippen LogP contribution in [0.3, 0.4) is 0 Å². The Bertz CT molecular complexity index is 522. The van der Waals surface area contributed by atoms with Gasteiger partial charge in [0.2, 0.25) is 0 Å². The van der Waals surface area contributed by atoms with Crippen molar-refractivity contribution in [1.82, 2.24) is 10.3 Å². The summed E-state index contributed by atoms with van der Waals surface area (Å²) in [6.07, 6.45) is -1.50. The number of carbonyl (C=O) groups excluding carboxylic acids is 1. The Morgan fingerprint density at radius 1 is 1.43 bits per heavy atom. The molecule has 1 heterocycles. The van der Waals surface area contributed by atoms with E-state index in [2.05, 4.69) is 15.5 Å². The van der Waals surface area contributed by atoms with E-state index < -0.39 is 28.8 Å². The van der Waals surface area contributed by atoms with Crippen LogP contribution in [0.2, 0.25) is 0 Å². The average molecular weight is 303 g/mol. The van der Waals surface area contributed by atoms with Crippen molar-refractivity contribution in [2.45, 2.75) is 32.5 Å². The fourth-order valence-corrected chi connectivity index (χ4v) is 1.29. The Labute approximate surface area is 120 Å². The summed E-state index contributed by atoms with van der Waals surface area (Å²) in [5.74, 6) is -0.877. The number of alkyl halides is 3. The topological polar surface area (TPSA) is 63.6 Å². The van der Waals surface area contributed by atoms with Crippen molar-refractivity contribution < 1.29 is 22.8 Å². The van der Waals surface area contributed by atoms with Gasteiger partial charge in [0.25, 0.3) is 5.91 Å². The van der Waals surface area contributed by atoms with E-state index in [0.717, 1.165) is 18.5 Å². The minimum absolute atomic E-state index is 0.0545. The number of oxime groups is 1. The maximum atomic E-state index is 12.7. The van der Waals surface area contributed by atoms with Gasteiger partial charge in [-0.05, 0) is 26.8 Å². The van der Waals surface area contributed by atoms with Crippen LogP contribution in [0.15, 0.2) is 23.6 Å². The van der Waals surface area contributed by atoms with Crippen molar-refractivity contribution in [3.63, 3.8) is 0 Å². The third-order valence-corrected chi connectivity index (χ3v) is 2.13. The summed E-state index contributed by atoms with van der Waals surface area (Å²) in [4.78, 5) is 20.3. The lowest BCUT2D eigenvalue weighted by Crippen LogP contribution is -2.28. The summed E-state index contributed by atoms with van der Waals surface area (Å²) in [6.45, 7) is 5.30. The largest absolute Gasteiger partial charge is 0.417 e. The fraction of sp³-hybridized carbons (Fsp3) is 0.462. The van der Waals surface area contributed by atoms with Crippen LogP contribution in [-0.2, 0) is 11.0 Å². The van der Waals surface area contributed by atoms with Gasteiger partial charge in [-0.25, -0.2) is 0 Å². The molecule has 0 bridgehead atoms. The summed E-state index contributed by atoms with van der Waals surface area (Å²) in [5.41, 5.74) is -2.04. The van der Waals surface area contributed by atoms with E-state index in [1.54, 1.807) is 20.8 Å². The standard InChI is InChI=1S/C13H16F3N3O2/c1-12(2,3)21-19-7-6-18-11(20)9-8-17-5-4-10(9)13(14,15)16/h4-5,7-8H,6H2,1-3H3,(H,18,20). The third kappa shape index (κ3) is 5.80. The Balaban J connectivity index is 2.65. The molecule has 21 heavy (non-hydrogen) atoms. The first-order valence-corrected chi connectivity index (χ1v) is 6.10. The lowest BCUT2D eigenvalue weighted by molar-refractivity contribution is -0.138. The molecule has 0 atom stereocenters. The van der Waals surface area contributed by atoms with Crippen LogP contribution >= 0.6 is 0 Å². The molecule has 1 N–H and O–H groups in total. The molecule has 5 nitrogen and oxygen atoms in total. The minimum Gasteiger partial charge on any atom is -0.390 e. The molecule has 116 valence electrons. The number of pyridine rings is 1. The monoisotopic (exact) mass is 303 g/mol. The molecule has 1 rings (SSSR count). The number of amides is 1. The SMILES string of the molecule is CC(C)(C)ON=CCNC(=O)c1cnccc1C(F)(F)F. The van der Waals surface area contributed by atoms with Gasteiger partial charge in [-0.15, -0.1) is 0 Å². The van der Waals surface area contributed by atoms with E-state index >= 15 is 0 Å². The molecule has 0 unspecified atom stereocenters. The highest BCUT2D eigenvalue weighted by molar-refractivity contribution is 5.96. The van der Waals surface area contributed by atoms with Crippen molar-refractivity contribution in [3.8, 4) is 0 Å². The van der Waals surface area contributed by atoms with Gasteiger partial charge < -0.3 is 10.2 Å². The quantitative estimate of drug-likeness (QED) is 0.687. The van der Waals surface area contributed by atoms with Crippen molar-refractivity contribution in [3.05, 3.63) is 29.6 Å². The second kappa shape index (κ2) is 6.55. The van der Waals surface area contributed by atoms with Crippen LogP contribution in [0, 0.1) is 0 Å². The van der Waals surface area contributed by atoms with Gasteiger partial charge in [-0.2, -0.15) is 13.2 Å². The number of nitrogens with zero attached hydrogens (tertiary/aromatic N) is 2. The summed E-state index contributed by atoms with van der Waals surface area (Å²) >= 11 is 0. The zero-order chi connectivity index (χ0) is 16.1. The summed E-state index contributed by atoms with van der Waals surface area (Å²) in [5, 5.41) is 5.89. The molecule has 0 spiro atoms. The number of hydrogen-bond donors (Lipinski definition) is 1. The number of rotatable bonds is 4. The lowest BCUT2D eigenvalue weighted by Gasteiger charge is -2.15. The fourth-order valence-electron chi connectivity index (χ4n) is 1.29. The van der Waals surface area contributed by atoms with Gasteiger partial charge in [0.1, 0.15) is 5.60 Å². The van der Waals surface area contributed by atoms with E-state index in [1.807, 2.05) is 0 Å². The number of hydrogen-bond acceptors (Lipinski definition) is 4. The van der Waals surface area contributed by atoms with Gasteiger partial charge in [-0.3, -0.25) is 9.78 Å². The first-order chi connectivity index (χ1) is 9.61. The maximum absolute atomic E-state index is 12.7. The van der Waals surface area contributed by atoms with E-state index in [9.17, 15) is 18.0 Å². The van der Waals surface area contributed by atoms with Crippen LogP contribution in [0.1, 0.15) is 36.7 Å². The van der Waals surface area contributed by atoms with Crippen LogP contribution in [0.5, 0.6) is 0 Å². The Kier molecular flexibility index (Phi) is 5.28. The number of aromatic nitrogens is 1. The summed E-state index contributed by atoms with van der Waals surface area (Å²) in [6, 6.07) is 0.756. The third-order valence-electron chi connectivity index (χ3n) is 2.13. The average Bonchev–Trinajstić information content (AvgIpc) is 2.35. The van der Waals surface area contributed by atoms with Gasteiger partial charge in [0, 0.05) is 12.4 Å². The predicted molar refractivity (Wildman–Crippen MR) is 70.9 cm³/mol. The van der Waals surface area contributed by atoms with Gasteiger partial charge in [0.15, 0.2) is 0 Å². The molecule has 0 saturated heterocycles. The normalized spacial score (nSPS) is 12.5. The molecule has 0 aliphatic carbocycles. The molecule has 0 saturated carbocycles. The van der Waals surface area contributed by atoms with Crippen molar-refractivity contribution >= 4 is 12.1 Å². The molecular weight excluding hydrogens is 287 g/mol. The van der Waals surface area contributed by atoms with Crippen molar-refractivity contribution in [2.75, 3.05) is 6.54 Å². The van der Waals surface area contributed by atoms with Crippen molar-refractivity contribution in [1.29, 1.82) is 0 Å². The molecule has 1 amide bonds. The zero-order valence-electron chi connectivity index (χ0n) is 11.9. The highest BCUT2D eigenvalue weighted by atomic mass is 19.4. The van der Waals surface area contributed by atoms with Crippen LogP contribution in [0.25, 0.3) is 0 Å². The van der Waals surface area contributed by atoms with Crippen molar-refractivity contribution in [2.24, 2.45) is 5.16 Å². The van der Waals surface area contributed by atoms with E-state index in [0.29, 0.717) is 0 Å². The first-order valence-electron chi connectivity index (χ1n) is 6.10. The molecule has 1 aromatic rings. The number of carbonyl (C=O) groups is 1. The molecule has 8 heteroatoms. The molecule has 0 aliphatic rings. The molecule has 0 radical (unpaired) electrons. The van der Waals surface area contributed by atoms with Crippen LogP contribution in [-0.4, -0.2) is 29.3 Å². The van der Waals surface area contributed by atoms with Gasteiger partial charge in [0.05, 0.1) is 23.9 Å². The summed E-state index contributed by atoms with van der Waals surface area (Å²) < 4.78 is 38.2. The lowest BCUT2D eigenvalue weighted by atomic mass is 10.1. The number of halogens is 3. The molecule has 0 aromatic carbocycles. The second-order valence-corrected chi connectivity index (χ2v) is 5.12. The molecule has 1 aromatic heterocycles. The Morgan fingerprint density at radius 2 is 2.10 bits per heavy atom.